The molecule has 4 aliphatic carbocycles. The first-order chi connectivity index (χ1) is 11.2. The molecule has 4 aliphatic rings. The van der Waals surface area contributed by atoms with Crippen molar-refractivity contribution >= 4 is 29.9 Å². The summed E-state index contributed by atoms with van der Waals surface area (Å²) in [4.78, 5) is 4.40. The summed E-state index contributed by atoms with van der Waals surface area (Å²) in [6.45, 7) is 1.85. The van der Waals surface area contributed by atoms with E-state index in [2.05, 4.69) is 20.7 Å². The highest BCUT2D eigenvalue weighted by Gasteiger charge is 2.50. The van der Waals surface area contributed by atoms with Crippen molar-refractivity contribution in [3.8, 4) is 0 Å². The molecule has 0 atom stereocenters. The zero-order valence-electron chi connectivity index (χ0n) is 14.8. The van der Waals surface area contributed by atoms with Crippen molar-refractivity contribution in [3.63, 3.8) is 0 Å². The Morgan fingerprint density at radius 3 is 2.33 bits per heavy atom. The number of nitrogens with one attached hydrogen (secondary N) is 2. The average Bonchev–Trinajstić information content (AvgIpc) is 2.91. The Balaban J connectivity index is 0.00000169. The highest BCUT2D eigenvalue weighted by molar-refractivity contribution is 14.0. The number of nitrogens with zero attached hydrogens (tertiary/aromatic N) is 3. The van der Waals surface area contributed by atoms with Crippen molar-refractivity contribution in [2.45, 2.75) is 45.1 Å². The summed E-state index contributed by atoms with van der Waals surface area (Å²) < 4.78 is 1.90. The van der Waals surface area contributed by atoms with Gasteiger partial charge in [-0.3, -0.25) is 9.67 Å². The molecular formula is C18H30IN5. The van der Waals surface area contributed by atoms with Crippen molar-refractivity contribution in [2.75, 3.05) is 13.6 Å². The van der Waals surface area contributed by atoms with Crippen LogP contribution in [0.3, 0.4) is 0 Å². The third kappa shape index (κ3) is 3.58. The van der Waals surface area contributed by atoms with Gasteiger partial charge in [-0.05, 0) is 67.8 Å². The van der Waals surface area contributed by atoms with Crippen molar-refractivity contribution < 1.29 is 0 Å². The summed E-state index contributed by atoms with van der Waals surface area (Å²) >= 11 is 0. The van der Waals surface area contributed by atoms with Gasteiger partial charge in [0.15, 0.2) is 5.96 Å². The Morgan fingerprint density at radius 2 is 1.83 bits per heavy atom. The smallest absolute Gasteiger partial charge is 0.191 e. The van der Waals surface area contributed by atoms with E-state index in [4.69, 9.17) is 0 Å². The van der Waals surface area contributed by atoms with Crippen LogP contribution in [0.4, 0.5) is 0 Å². The highest BCUT2D eigenvalue weighted by atomic mass is 127. The van der Waals surface area contributed by atoms with Crippen LogP contribution in [0.25, 0.3) is 0 Å². The average molecular weight is 443 g/mol. The van der Waals surface area contributed by atoms with Crippen LogP contribution in [0.1, 0.15) is 44.2 Å². The van der Waals surface area contributed by atoms with Gasteiger partial charge in [0.1, 0.15) is 0 Å². The molecule has 24 heavy (non-hydrogen) atoms. The Morgan fingerprint density at radius 1 is 1.21 bits per heavy atom. The standard InChI is InChI=1S/C18H29N5.HI/c1-19-17(20-11-16-3-4-22-23(16)2)21-12-18-8-13-5-14(9-18)7-15(6-13)10-18;/h3-4,13-15H,5-12H2,1-2H3,(H2,19,20,21);1H. The Labute approximate surface area is 162 Å². The molecule has 1 aromatic heterocycles. The summed E-state index contributed by atoms with van der Waals surface area (Å²) in [5.74, 6) is 3.94. The lowest BCUT2D eigenvalue weighted by molar-refractivity contribution is -0.0492. The van der Waals surface area contributed by atoms with Gasteiger partial charge in [0.25, 0.3) is 0 Å². The minimum Gasteiger partial charge on any atom is -0.356 e. The molecule has 0 aliphatic heterocycles. The number of hydrogen-bond acceptors (Lipinski definition) is 2. The number of guanidine groups is 1. The van der Waals surface area contributed by atoms with Crippen LogP contribution in [-0.4, -0.2) is 29.3 Å². The van der Waals surface area contributed by atoms with Crippen LogP contribution < -0.4 is 10.6 Å². The number of aryl methyl sites for hydroxylation is 1. The number of halogens is 1. The maximum Gasteiger partial charge on any atom is 0.191 e. The van der Waals surface area contributed by atoms with Gasteiger partial charge in [0.2, 0.25) is 0 Å². The second-order valence-corrected chi connectivity index (χ2v) is 8.14. The lowest BCUT2D eigenvalue weighted by Crippen LogP contribution is -2.52. The van der Waals surface area contributed by atoms with Crippen LogP contribution in [-0.2, 0) is 13.6 Å². The second-order valence-electron chi connectivity index (χ2n) is 8.14. The molecule has 0 aromatic carbocycles. The third-order valence-corrected chi connectivity index (χ3v) is 6.38. The van der Waals surface area contributed by atoms with E-state index >= 15 is 0 Å². The summed E-state index contributed by atoms with van der Waals surface area (Å²) in [7, 11) is 3.83. The second kappa shape index (κ2) is 7.22. The normalized spacial score (nSPS) is 34.1. The molecule has 5 nitrogen and oxygen atoms in total. The Kier molecular flexibility index (Phi) is 5.42. The van der Waals surface area contributed by atoms with Crippen LogP contribution in [0.15, 0.2) is 17.3 Å². The highest BCUT2D eigenvalue weighted by Crippen LogP contribution is 2.59. The molecule has 134 valence electrons. The monoisotopic (exact) mass is 443 g/mol. The fourth-order valence-electron chi connectivity index (χ4n) is 5.75. The van der Waals surface area contributed by atoms with Gasteiger partial charge in [0.05, 0.1) is 12.2 Å². The molecule has 1 aromatic rings. The first-order valence-electron chi connectivity index (χ1n) is 9.07. The van der Waals surface area contributed by atoms with Crippen LogP contribution in [0.2, 0.25) is 0 Å². The summed E-state index contributed by atoms with van der Waals surface area (Å²) in [6.07, 6.45) is 10.7. The summed E-state index contributed by atoms with van der Waals surface area (Å²) in [5, 5.41) is 11.3. The molecule has 4 bridgehead atoms. The van der Waals surface area contributed by atoms with Crippen molar-refractivity contribution in [2.24, 2.45) is 35.2 Å². The lowest BCUT2D eigenvalue weighted by atomic mass is 9.49. The summed E-state index contributed by atoms with van der Waals surface area (Å²) in [6, 6.07) is 2.04. The maximum absolute atomic E-state index is 4.40. The van der Waals surface area contributed by atoms with E-state index in [-0.39, 0.29) is 24.0 Å². The topological polar surface area (TPSA) is 54.2 Å². The molecule has 4 saturated carbocycles. The number of aromatic nitrogens is 2. The van der Waals surface area contributed by atoms with Gasteiger partial charge in [-0.15, -0.1) is 24.0 Å². The number of rotatable bonds is 4. The van der Waals surface area contributed by atoms with Gasteiger partial charge >= 0.3 is 0 Å². The molecule has 0 radical (unpaired) electrons. The van der Waals surface area contributed by atoms with Crippen LogP contribution in [0.5, 0.6) is 0 Å². The van der Waals surface area contributed by atoms with E-state index in [9.17, 15) is 0 Å². The molecule has 6 heteroatoms. The predicted molar refractivity (Wildman–Crippen MR) is 107 cm³/mol. The van der Waals surface area contributed by atoms with E-state index in [1.54, 1.807) is 0 Å². The SMILES string of the molecule is CN=C(NCc1ccnn1C)NCC12CC3CC(CC(C3)C1)C2.I. The van der Waals surface area contributed by atoms with Gasteiger partial charge < -0.3 is 10.6 Å². The zero-order valence-corrected chi connectivity index (χ0v) is 17.1. The minimum atomic E-state index is 0. The van der Waals surface area contributed by atoms with E-state index < -0.39 is 0 Å². The molecule has 0 unspecified atom stereocenters. The third-order valence-electron chi connectivity index (χ3n) is 6.38. The van der Waals surface area contributed by atoms with Crippen molar-refractivity contribution in [3.05, 3.63) is 18.0 Å². The largest absolute Gasteiger partial charge is 0.356 e. The molecule has 0 amide bonds. The Hall–Kier alpha value is -0.790. The van der Waals surface area contributed by atoms with E-state index in [1.807, 2.05) is 31.0 Å². The molecule has 0 spiro atoms. The predicted octanol–water partition coefficient (Wildman–Crippen LogP) is 2.92. The lowest BCUT2D eigenvalue weighted by Gasteiger charge is -2.57. The van der Waals surface area contributed by atoms with Gasteiger partial charge in [-0.25, -0.2) is 0 Å². The number of aliphatic imine (C=N–C) groups is 1. The molecule has 0 saturated heterocycles. The van der Waals surface area contributed by atoms with Gasteiger partial charge in [0, 0.05) is 26.8 Å². The van der Waals surface area contributed by atoms with Crippen LogP contribution in [0, 0.1) is 23.2 Å². The first-order valence-corrected chi connectivity index (χ1v) is 9.07. The molecular weight excluding hydrogens is 413 g/mol. The molecule has 4 fully saturated rings. The van der Waals surface area contributed by atoms with E-state index in [0.717, 1.165) is 36.8 Å². The fourth-order valence-corrected chi connectivity index (χ4v) is 5.75. The van der Waals surface area contributed by atoms with E-state index in [1.165, 1.54) is 44.2 Å². The maximum atomic E-state index is 4.40. The molecule has 2 N–H and O–H groups in total. The number of hydrogen-bond donors (Lipinski definition) is 2. The van der Waals surface area contributed by atoms with Gasteiger partial charge in [-0.2, -0.15) is 5.10 Å². The molecule has 1 heterocycles. The molecule has 5 rings (SSSR count). The van der Waals surface area contributed by atoms with Crippen molar-refractivity contribution in [1.29, 1.82) is 0 Å². The van der Waals surface area contributed by atoms with Crippen molar-refractivity contribution in [1.82, 2.24) is 20.4 Å². The fraction of sp³-hybridized carbons (Fsp3) is 0.778. The first kappa shape index (κ1) is 18.0. The van der Waals surface area contributed by atoms with Crippen LogP contribution >= 0.6 is 24.0 Å². The quantitative estimate of drug-likeness (QED) is 0.428. The van der Waals surface area contributed by atoms with Gasteiger partial charge in [-0.1, -0.05) is 0 Å². The summed E-state index contributed by atoms with van der Waals surface area (Å²) in [5.41, 5.74) is 1.71. The zero-order chi connectivity index (χ0) is 15.9. The minimum absolute atomic E-state index is 0. The Bertz CT molecular complexity index is 559. The van der Waals surface area contributed by atoms with E-state index in [0.29, 0.717) is 5.41 Å².